The van der Waals surface area contributed by atoms with Crippen LogP contribution in [0.4, 0.5) is 9.52 Å². The number of rotatable bonds is 5. The van der Waals surface area contributed by atoms with Gasteiger partial charge in [0.2, 0.25) is 0 Å². The number of carbonyl (C=O) groups is 1. The quantitative estimate of drug-likeness (QED) is 0.483. The van der Waals surface area contributed by atoms with Crippen molar-refractivity contribution >= 4 is 55.5 Å². The van der Waals surface area contributed by atoms with Crippen LogP contribution in [0.25, 0.3) is 10.2 Å². The summed E-state index contributed by atoms with van der Waals surface area (Å²) in [5, 5.41) is 4.61. The number of nitrogens with zero attached hydrogens (tertiary/aromatic N) is 4. The smallest absolute Gasteiger partial charge is 0.270 e. The number of halogens is 2. The third-order valence-electron chi connectivity index (χ3n) is 3.73. The molecule has 0 aliphatic carbocycles. The van der Waals surface area contributed by atoms with E-state index in [1.807, 2.05) is 12.3 Å². The highest BCUT2D eigenvalue weighted by Gasteiger charge is 2.23. The van der Waals surface area contributed by atoms with Crippen LogP contribution < -0.4 is 4.90 Å². The molecular formula is C17H12ClFN4OS2. The van der Waals surface area contributed by atoms with Gasteiger partial charge in [-0.3, -0.25) is 14.4 Å². The number of para-hydroxylation sites is 1. The molecule has 0 unspecified atom stereocenters. The number of anilines is 1. The molecular weight excluding hydrogens is 395 g/mol. The van der Waals surface area contributed by atoms with Crippen LogP contribution in [0.1, 0.15) is 9.67 Å². The van der Waals surface area contributed by atoms with Crippen molar-refractivity contribution in [1.82, 2.24) is 14.8 Å². The third-order valence-corrected chi connectivity index (χ3v) is 5.99. The van der Waals surface area contributed by atoms with Gasteiger partial charge in [0, 0.05) is 18.9 Å². The van der Waals surface area contributed by atoms with Crippen LogP contribution in [0.3, 0.4) is 0 Å². The van der Waals surface area contributed by atoms with Crippen molar-refractivity contribution in [3.63, 3.8) is 0 Å². The molecule has 0 saturated carbocycles. The van der Waals surface area contributed by atoms with Gasteiger partial charge in [0.1, 0.15) is 11.3 Å². The lowest BCUT2D eigenvalue weighted by molar-refractivity contribution is 0.0989. The van der Waals surface area contributed by atoms with E-state index in [2.05, 4.69) is 10.1 Å². The van der Waals surface area contributed by atoms with Gasteiger partial charge in [-0.05, 0) is 30.3 Å². The lowest BCUT2D eigenvalue weighted by atomic mass is 10.3. The number of benzene rings is 1. The second kappa shape index (κ2) is 7.14. The first kappa shape index (κ1) is 17.1. The Bertz CT molecular complexity index is 1060. The van der Waals surface area contributed by atoms with E-state index in [-0.39, 0.29) is 11.4 Å². The summed E-state index contributed by atoms with van der Waals surface area (Å²) in [6, 6.07) is 9.97. The van der Waals surface area contributed by atoms with Gasteiger partial charge < -0.3 is 0 Å². The lowest BCUT2D eigenvalue weighted by Gasteiger charge is -2.19. The number of amides is 1. The van der Waals surface area contributed by atoms with Crippen molar-refractivity contribution in [1.29, 1.82) is 0 Å². The second-order valence-electron chi connectivity index (χ2n) is 5.41. The minimum Gasteiger partial charge on any atom is -0.281 e. The van der Waals surface area contributed by atoms with Gasteiger partial charge in [0.15, 0.2) is 5.13 Å². The van der Waals surface area contributed by atoms with Gasteiger partial charge in [0.05, 0.1) is 20.5 Å². The summed E-state index contributed by atoms with van der Waals surface area (Å²) in [7, 11) is 0. The van der Waals surface area contributed by atoms with Gasteiger partial charge in [0.25, 0.3) is 5.91 Å². The second-order valence-corrected chi connectivity index (χ2v) is 8.14. The Balaban J connectivity index is 1.70. The Morgan fingerprint density at radius 1 is 1.23 bits per heavy atom. The Kier molecular flexibility index (Phi) is 4.71. The zero-order valence-corrected chi connectivity index (χ0v) is 15.7. The van der Waals surface area contributed by atoms with Crippen molar-refractivity contribution in [2.75, 3.05) is 11.4 Å². The van der Waals surface area contributed by atoms with E-state index in [4.69, 9.17) is 11.6 Å². The number of aromatic nitrogens is 3. The summed E-state index contributed by atoms with van der Waals surface area (Å²) in [6.45, 7) is 0.855. The average Bonchev–Trinajstić information content (AvgIpc) is 3.35. The number of hydrogen-bond donors (Lipinski definition) is 0. The largest absolute Gasteiger partial charge is 0.281 e. The molecule has 0 radical (unpaired) electrons. The molecule has 9 heteroatoms. The predicted octanol–water partition coefficient (Wildman–Crippen LogP) is 4.69. The van der Waals surface area contributed by atoms with Gasteiger partial charge in [-0.2, -0.15) is 5.10 Å². The highest BCUT2D eigenvalue weighted by molar-refractivity contribution is 7.22. The van der Waals surface area contributed by atoms with E-state index in [1.54, 1.807) is 40.0 Å². The maximum Gasteiger partial charge on any atom is 0.270 e. The fourth-order valence-electron chi connectivity index (χ4n) is 2.50. The van der Waals surface area contributed by atoms with Crippen LogP contribution in [-0.2, 0) is 6.54 Å². The molecule has 3 aromatic heterocycles. The molecule has 4 rings (SSSR count). The fraction of sp³-hybridized carbons (Fsp3) is 0.118. The van der Waals surface area contributed by atoms with Crippen LogP contribution in [0.15, 0.2) is 48.8 Å². The molecule has 4 aromatic rings. The molecule has 0 aliphatic rings. The third kappa shape index (κ3) is 3.35. The van der Waals surface area contributed by atoms with Gasteiger partial charge in [-0.1, -0.05) is 29.0 Å². The molecule has 3 heterocycles. The average molecular weight is 407 g/mol. The first-order valence-electron chi connectivity index (χ1n) is 7.71. The monoisotopic (exact) mass is 406 g/mol. The van der Waals surface area contributed by atoms with Crippen LogP contribution >= 0.6 is 34.3 Å². The minimum atomic E-state index is -0.399. The lowest BCUT2D eigenvalue weighted by Crippen LogP contribution is -2.33. The Labute approximate surface area is 161 Å². The first-order chi connectivity index (χ1) is 12.6. The molecule has 26 heavy (non-hydrogen) atoms. The topological polar surface area (TPSA) is 51.0 Å². The van der Waals surface area contributed by atoms with E-state index in [0.29, 0.717) is 32.1 Å². The van der Waals surface area contributed by atoms with Crippen molar-refractivity contribution in [2.24, 2.45) is 0 Å². The Morgan fingerprint density at radius 3 is 2.81 bits per heavy atom. The molecule has 132 valence electrons. The molecule has 0 saturated heterocycles. The summed E-state index contributed by atoms with van der Waals surface area (Å²) >= 11 is 8.46. The molecule has 0 atom stereocenters. The van der Waals surface area contributed by atoms with E-state index in [1.165, 1.54) is 28.7 Å². The van der Waals surface area contributed by atoms with Crippen LogP contribution in [-0.4, -0.2) is 27.2 Å². The molecule has 0 spiro atoms. The van der Waals surface area contributed by atoms with Crippen LogP contribution in [0.5, 0.6) is 0 Å². The van der Waals surface area contributed by atoms with Gasteiger partial charge in [-0.15, -0.1) is 11.3 Å². The van der Waals surface area contributed by atoms with Gasteiger partial charge in [-0.25, -0.2) is 9.37 Å². The van der Waals surface area contributed by atoms with E-state index < -0.39 is 5.82 Å². The fourth-order valence-corrected chi connectivity index (χ4v) is 4.50. The minimum absolute atomic E-state index is 0.214. The summed E-state index contributed by atoms with van der Waals surface area (Å²) in [4.78, 5) is 19.4. The van der Waals surface area contributed by atoms with E-state index >= 15 is 0 Å². The molecule has 0 aliphatic heterocycles. The molecule has 0 N–H and O–H groups in total. The number of hydrogen-bond acceptors (Lipinski definition) is 5. The number of thiophene rings is 1. The van der Waals surface area contributed by atoms with E-state index in [9.17, 15) is 9.18 Å². The Hall–Kier alpha value is -2.29. The van der Waals surface area contributed by atoms with Crippen molar-refractivity contribution in [3.05, 3.63) is 63.8 Å². The van der Waals surface area contributed by atoms with Crippen molar-refractivity contribution in [2.45, 2.75) is 6.54 Å². The highest BCUT2D eigenvalue weighted by Crippen LogP contribution is 2.32. The standard InChI is InChI=1S/C17H12ClFN4OS2/c18-14-6-5-13(25-14)16(24)23(10-9-22-8-2-7-20-22)17-21-15-11(19)3-1-4-12(15)26-17/h1-8H,9-10H2. The SMILES string of the molecule is O=C(c1ccc(Cl)s1)N(CCn1cccn1)c1nc2c(F)cccc2s1. The highest BCUT2D eigenvalue weighted by atomic mass is 35.5. The summed E-state index contributed by atoms with van der Waals surface area (Å²) in [6.07, 6.45) is 3.50. The van der Waals surface area contributed by atoms with Crippen molar-refractivity contribution < 1.29 is 9.18 Å². The number of thiazole rings is 1. The van der Waals surface area contributed by atoms with Crippen LogP contribution in [0, 0.1) is 5.82 Å². The number of carbonyl (C=O) groups excluding carboxylic acids is 1. The zero-order chi connectivity index (χ0) is 18.1. The molecule has 1 aromatic carbocycles. The molecule has 0 bridgehead atoms. The summed E-state index contributed by atoms with van der Waals surface area (Å²) in [5.74, 6) is -0.614. The predicted molar refractivity (Wildman–Crippen MR) is 103 cm³/mol. The normalized spacial score (nSPS) is 11.2. The first-order valence-corrected chi connectivity index (χ1v) is 9.72. The van der Waals surface area contributed by atoms with E-state index in [0.717, 1.165) is 0 Å². The summed E-state index contributed by atoms with van der Waals surface area (Å²) in [5.41, 5.74) is 0.272. The van der Waals surface area contributed by atoms with Gasteiger partial charge >= 0.3 is 0 Å². The molecule has 1 amide bonds. The molecule has 0 fully saturated rings. The summed E-state index contributed by atoms with van der Waals surface area (Å²) < 4.78 is 17.0. The Morgan fingerprint density at radius 2 is 2.12 bits per heavy atom. The number of fused-ring (bicyclic) bond motifs is 1. The van der Waals surface area contributed by atoms with Crippen LogP contribution in [0.2, 0.25) is 4.34 Å². The molecule has 5 nitrogen and oxygen atoms in total. The maximum atomic E-state index is 14.0. The van der Waals surface area contributed by atoms with Crippen molar-refractivity contribution in [3.8, 4) is 0 Å². The zero-order valence-electron chi connectivity index (χ0n) is 13.3. The maximum absolute atomic E-state index is 14.0.